The van der Waals surface area contributed by atoms with Crippen LogP contribution in [0.1, 0.15) is 51.9 Å². The molecule has 0 amide bonds. The molecular formula is C16H22O2. The molecule has 0 radical (unpaired) electrons. The van der Waals surface area contributed by atoms with Crippen molar-refractivity contribution in [2.45, 2.75) is 57.5 Å². The molecule has 98 valence electrons. The highest BCUT2D eigenvalue weighted by Gasteiger charge is 2.80. The number of Topliss-reactive ketones (excluding diaryl/α,β-unsaturated/α-hetero) is 1. The van der Waals surface area contributed by atoms with E-state index in [-0.39, 0.29) is 16.2 Å². The highest BCUT2D eigenvalue weighted by atomic mass is 16.5. The third-order valence-electron chi connectivity index (χ3n) is 7.27. The van der Waals surface area contributed by atoms with Crippen LogP contribution in [0.3, 0.4) is 0 Å². The molecule has 5 aliphatic carbocycles. The molecule has 0 aromatic rings. The normalized spacial score (nSPS) is 57.2. The van der Waals surface area contributed by atoms with Gasteiger partial charge in [-0.3, -0.25) is 4.79 Å². The quantitative estimate of drug-likeness (QED) is 0.664. The zero-order valence-corrected chi connectivity index (χ0v) is 11.5. The predicted molar refractivity (Wildman–Crippen MR) is 69.2 cm³/mol. The number of hydrogen-bond donors (Lipinski definition) is 0. The van der Waals surface area contributed by atoms with Gasteiger partial charge in [-0.15, -0.1) is 0 Å². The minimum absolute atomic E-state index is 0.187. The van der Waals surface area contributed by atoms with Crippen LogP contribution in [0, 0.1) is 16.2 Å². The van der Waals surface area contributed by atoms with Gasteiger partial charge in [0.15, 0.2) is 5.78 Å². The summed E-state index contributed by atoms with van der Waals surface area (Å²) in [5, 5.41) is 0. The molecule has 0 aliphatic heterocycles. The second-order valence-corrected chi connectivity index (χ2v) is 7.33. The van der Waals surface area contributed by atoms with E-state index in [1.54, 1.807) is 7.11 Å². The standard InChI is InChI=1S/C16H22O2/c1-11-9-13(2)12(17)15(18-3)7-8-16(13)6-4-5-14(11,16)10-15/h1,4-10H2,2-3H3. The van der Waals surface area contributed by atoms with E-state index in [1.807, 2.05) is 0 Å². The number of hydrogen-bond acceptors (Lipinski definition) is 2. The molecule has 2 nitrogen and oxygen atoms in total. The molecule has 5 fully saturated rings. The van der Waals surface area contributed by atoms with Crippen LogP contribution in [-0.2, 0) is 9.53 Å². The first-order chi connectivity index (χ1) is 8.46. The Labute approximate surface area is 109 Å². The minimum atomic E-state index is -0.486. The fourth-order valence-electron chi connectivity index (χ4n) is 6.53. The molecule has 4 unspecified atom stereocenters. The lowest BCUT2D eigenvalue weighted by atomic mass is 9.41. The van der Waals surface area contributed by atoms with Crippen LogP contribution in [0.25, 0.3) is 0 Å². The number of carbonyl (C=O) groups is 1. The highest BCUT2D eigenvalue weighted by molar-refractivity contribution is 5.97. The van der Waals surface area contributed by atoms with E-state index < -0.39 is 5.60 Å². The molecule has 4 bridgehead atoms. The average Bonchev–Trinajstić information content (AvgIpc) is 2.82. The smallest absolute Gasteiger partial charge is 0.171 e. The topological polar surface area (TPSA) is 26.3 Å². The number of fused-ring (bicyclic) bond motifs is 1. The monoisotopic (exact) mass is 246 g/mol. The molecule has 0 saturated heterocycles. The molecule has 0 N–H and O–H groups in total. The van der Waals surface area contributed by atoms with Gasteiger partial charge in [-0.2, -0.15) is 0 Å². The molecule has 0 heterocycles. The number of rotatable bonds is 1. The van der Waals surface area contributed by atoms with Gasteiger partial charge in [0, 0.05) is 17.9 Å². The van der Waals surface area contributed by atoms with Crippen molar-refractivity contribution >= 4 is 5.78 Å². The van der Waals surface area contributed by atoms with Crippen molar-refractivity contribution in [2.75, 3.05) is 7.11 Å². The van der Waals surface area contributed by atoms with Crippen molar-refractivity contribution < 1.29 is 9.53 Å². The lowest BCUT2D eigenvalue weighted by Gasteiger charge is -2.63. The molecular weight excluding hydrogens is 224 g/mol. The summed E-state index contributed by atoms with van der Waals surface area (Å²) in [7, 11) is 1.73. The van der Waals surface area contributed by atoms with Crippen molar-refractivity contribution in [2.24, 2.45) is 16.2 Å². The Hall–Kier alpha value is -0.630. The molecule has 1 spiro atoms. The Kier molecular flexibility index (Phi) is 1.73. The van der Waals surface area contributed by atoms with Gasteiger partial charge in [-0.05, 0) is 43.9 Å². The van der Waals surface area contributed by atoms with Crippen LogP contribution in [0.4, 0.5) is 0 Å². The maximum atomic E-state index is 13.0. The number of methoxy groups -OCH3 is 1. The van der Waals surface area contributed by atoms with Crippen molar-refractivity contribution in [3.8, 4) is 0 Å². The van der Waals surface area contributed by atoms with E-state index in [4.69, 9.17) is 4.74 Å². The van der Waals surface area contributed by atoms with E-state index in [2.05, 4.69) is 13.5 Å². The second-order valence-electron chi connectivity index (χ2n) is 7.33. The molecule has 5 rings (SSSR count). The summed E-state index contributed by atoms with van der Waals surface area (Å²) >= 11 is 0. The first-order valence-corrected chi connectivity index (χ1v) is 7.25. The highest BCUT2D eigenvalue weighted by Crippen LogP contribution is 2.82. The number of ketones is 1. The summed E-state index contributed by atoms with van der Waals surface area (Å²) in [6, 6.07) is 0. The van der Waals surface area contributed by atoms with Gasteiger partial charge in [0.05, 0.1) is 0 Å². The minimum Gasteiger partial charge on any atom is -0.370 e. The van der Waals surface area contributed by atoms with Gasteiger partial charge in [-0.1, -0.05) is 25.5 Å². The molecule has 0 aromatic heterocycles. The lowest BCUT2D eigenvalue weighted by molar-refractivity contribution is -0.204. The second kappa shape index (κ2) is 2.77. The van der Waals surface area contributed by atoms with Crippen molar-refractivity contribution in [1.29, 1.82) is 0 Å². The fourth-order valence-corrected chi connectivity index (χ4v) is 6.53. The zero-order chi connectivity index (χ0) is 12.8. The molecule has 0 aromatic carbocycles. The van der Waals surface area contributed by atoms with Crippen LogP contribution in [0.5, 0.6) is 0 Å². The van der Waals surface area contributed by atoms with E-state index in [0.717, 1.165) is 19.3 Å². The van der Waals surface area contributed by atoms with Crippen molar-refractivity contribution in [1.82, 2.24) is 0 Å². The third-order valence-corrected chi connectivity index (χ3v) is 7.27. The van der Waals surface area contributed by atoms with Gasteiger partial charge < -0.3 is 4.74 Å². The summed E-state index contributed by atoms with van der Waals surface area (Å²) in [5.41, 5.74) is 1.14. The largest absolute Gasteiger partial charge is 0.370 e. The maximum absolute atomic E-state index is 13.0. The summed E-state index contributed by atoms with van der Waals surface area (Å²) < 4.78 is 5.78. The third kappa shape index (κ3) is 0.766. The first-order valence-electron chi connectivity index (χ1n) is 7.25. The SMILES string of the molecule is C=C1CC2(C)C(=O)C3(OC)CCC24CCCC14C3. The summed E-state index contributed by atoms with van der Waals surface area (Å²) in [4.78, 5) is 13.0. The average molecular weight is 246 g/mol. The number of ether oxygens (including phenoxy) is 1. The molecule has 2 heteroatoms. The van der Waals surface area contributed by atoms with Crippen LogP contribution in [0.2, 0.25) is 0 Å². The van der Waals surface area contributed by atoms with Crippen LogP contribution in [0.15, 0.2) is 12.2 Å². The van der Waals surface area contributed by atoms with Gasteiger partial charge in [0.1, 0.15) is 5.60 Å². The van der Waals surface area contributed by atoms with Crippen LogP contribution in [-0.4, -0.2) is 18.5 Å². The van der Waals surface area contributed by atoms with Crippen molar-refractivity contribution in [3.63, 3.8) is 0 Å². The molecule has 5 aliphatic rings. The van der Waals surface area contributed by atoms with Crippen LogP contribution < -0.4 is 0 Å². The van der Waals surface area contributed by atoms with E-state index in [9.17, 15) is 4.79 Å². The first kappa shape index (κ1) is 11.2. The molecule has 5 saturated carbocycles. The van der Waals surface area contributed by atoms with Gasteiger partial charge in [-0.25, -0.2) is 0 Å². The predicted octanol–water partition coefficient (Wildman–Crippen LogP) is 3.26. The van der Waals surface area contributed by atoms with Gasteiger partial charge in [0.2, 0.25) is 0 Å². The fraction of sp³-hybridized carbons (Fsp3) is 0.812. The number of carbonyl (C=O) groups excluding carboxylic acids is 1. The Bertz CT molecular complexity index is 481. The Morgan fingerprint density at radius 3 is 2.72 bits per heavy atom. The lowest BCUT2D eigenvalue weighted by Crippen LogP contribution is -2.67. The van der Waals surface area contributed by atoms with E-state index in [1.165, 1.54) is 31.3 Å². The molecule has 18 heavy (non-hydrogen) atoms. The van der Waals surface area contributed by atoms with Gasteiger partial charge >= 0.3 is 0 Å². The van der Waals surface area contributed by atoms with Crippen molar-refractivity contribution in [3.05, 3.63) is 12.2 Å². The number of allylic oxidation sites excluding steroid dienone is 1. The summed E-state index contributed by atoms with van der Waals surface area (Å²) in [6.07, 6.45) is 7.67. The van der Waals surface area contributed by atoms with E-state index >= 15 is 0 Å². The summed E-state index contributed by atoms with van der Waals surface area (Å²) in [5.74, 6) is 0.389. The Balaban J connectivity index is 2.02. The summed E-state index contributed by atoms with van der Waals surface area (Å²) in [6.45, 7) is 6.59. The maximum Gasteiger partial charge on any atom is 0.171 e. The Morgan fingerprint density at radius 2 is 2.00 bits per heavy atom. The Morgan fingerprint density at radius 1 is 1.22 bits per heavy atom. The van der Waals surface area contributed by atoms with E-state index in [0.29, 0.717) is 5.78 Å². The van der Waals surface area contributed by atoms with Crippen LogP contribution >= 0.6 is 0 Å². The van der Waals surface area contributed by atoms with Gasteiger partial charge in [0.25, 0.3) is 0 Å². The molecule has 4 atom stereocenters. The zero-order valence-electron chi connectivity index (χ0n) is 11.5.